The maximum absolute atomic E-state index is 11.2. The largest absolute Gasteiger partial charge is 0.307 e. The van der Waals surface area contributed by atoms with Crippen molar-refractivity contribution < 1.29 is 9.59 Å². The Kier molecular flexibility index (Phi) is 4.66. The Morgan fingerprint density at radius 3 is 1.55 bits per heavy atom. The zero-order valence-corrected chi connectivity index (χ0v) is 13.9. The second kappa shape index (κ2) is 6.17. The molecule has 1 fully saturated rings. The van der Waals surface area contributed by atoms with E-state index in [2.05, 4.69) is 33.0 Å². The van der Waals surface area contributed by atoms with Gasteiger partial charge in [-0.15, -0.1) is 0 Å². The summed E-state index contributed by atoms with van der Waals surface area (Å²) >= 11 is 0. The van der Waals surface area contributed by atoms with E-state index in [-0.39, 0.29) is 11.6 Å². The summed E-state index contributed by atoms with van der Waals surface area (Å²) in [5, 5.41) is 3.63. The highest BCUT2D eigenvalue weighted by Crippen LogP contribution is 2.27. The first-order chi connectivity index (χ1) is 10.2. The highest BCUT2D eigenvalue weighted by molar-refractivity contribution is 6.21. The molecule has 118 valence electrons. The molecule has 0 unspecified atom stereocenters. The zero-order valence-electron chi connectivity index (χ0n) is 13.9. The molecule has 0 aromatic heterocycles. The van der Waals surface area contributed by atoms with E-state index in [0.29, 0.717) is 22.2 Å². The molecule has 0 bridgehead atoms. The summed E-state index contributed by atoms with van der Waals surface area (Å²) in [5.41, 5.74) is 1.73. The molecule has 1 aromatic carbocycles. The van der Waals surface area contributed by atoms with Gasteiger partial charge in [0.25, 0.3) is 0 Å². The van der Waals surface area contributed by atoms with Gasteiger partial charge in [0, 0.05) is 22.2 Å². The molecule has 3 rings (SSSR count). The molecule has 0 radical (unpaired) electrons. The third-order valence-corrected chi connectivity index (χ3v) is 4.12. The Morgan fingerprint density at radius 1 is 0.818 bits per heavy atom. The van der Waals surface area contributed by atoms with Gasteiger partial charge in [0.15, 0.2) is 11.6 Å². The van der Waals surface area contributed by atoms with Gasteiger partial charge in [0.1, 0.15) is 0 Å². The van der Waals surface area contributed by atoms with E-state index < -0.39 is 0 Å². The summed E-state index contributed by atoms with van der Waals surface area (Å²) in [6, 6.07) is 6.84. The second-order valence-corrected chi connectivity index (χ2v) is 7.35. The van der Waals surface area contributed by atoms with Crippen LogP contribution < -0.4 is 5.32 Å². The second-order valence-electron chi connectivity index (χ2n) is 7.35. The molecule has 22 heavy (non-hydrogen) atoms. The van der Waals surface area contributed by atoms with E-state index in [1.807, 2.05) is 0 Å². The Morgan fingerprint density at radius 2 is 1.23 bits per heavy atom. The van der Waals surface area contributed by atoms with Crippen molar-refractivity contribution in [3.8, 4) is 0 Å². The number of rotatable bonds is 0. The fraction of sp³-hybridized carbons (Fsp3) is 0.474. The van der Waals surface area contributed by atoms with Crippen LogP contribution in [0.15, 0.2) is 36.4 Å². The van der Waals surface area contributed by atoms with Crippen LogP contribution >= 0.6 is 0 Å². The predicted octanol–water partition coefficient (Wildman–Crippen LogP) is 3.94. The first kappa shape index (κ1) is 16.6. The monoisotopic (exact) mass is 299 g/mol. The molecule has 1 aliphatic carbocycles. The summed E-state index contributed by atoms with van der Waals surface area (Å²) < 4.78 is 0. The van der Waals surface area contributed by atoms with Crippen molar-refractivity contribution in [3.63, 3.8) is 0 Å². The number of hydrogen-bond acceptors (Lipinski definition) is 3. The van der Waals surface area contributed by atoms with Crippen molar-refractivity contribution in [2.75, 3.05) is 0 Å². The Labute approximate surface area is 132 Å². The van der Waals surface area contributed by atoms with Gasteiger partial charge in [0.2, 0.25) is 0 Å². The molecule has 0 saturated carbocycles. The number of nitrogens with one attached hydrogen (secondary N) is 1. The number of allylic oxidation sites excluding steroid dienone is 2. The zero-order chi connectivity index (χ0) is 16.4. The van der Waals surface area contributed by atoms with Crippen molar-refractivity contribution in [3.05, 3.63) is 47.5 Å². The lowest BCUT2D eigenvalue weighted by Crippen LogP contribution is -2.55. The highest BCUT2D eigenvalue weighted by Gasteiger charge is 2.31. The van der Waals surface area contributed by atoms with Gasteiger partial charge >= 0.3 is 0 Å². The van der Waals surface area contributed by atoms with Gasteiger partial charge in [-0.25, -0.2) is 0 Å². The quantitative estimate of drug-likeness (QED) is 0.789. The van der Waals surface area contributed by atoms with E-state index in [1.165, 1.54) is 31.4 Å². The van der Waals surface area contributed by atoms with E-state index in [0.717, 1.165) is 0 Å². The Bertz CT molecular complexity index is 561. The smallest absolute Gasteiger partial charge is 0.186 e. The summed E-state index contributed by atoms with van der Waals surface area (Å²) in [4.78, 5) is 22.4. The minimum Gasteiger partial charge on any atom is -0.307 e. The van der Waals surface area contributed by atoms with Crippen LogP contribution in [0.5, 0.6) is 0 Å². The van der Waals surface area contributed by atoms with Crippen LogP contribution in [0.4, 0.5) is 0 Å². The average molecular weight is 299 g/mol. The fourth-order valence-corrected chi connectivity index (χ4v) is 3.26. The number of carbonyl (C=O) groups excluding carboxylic acids is 2. The normalized spacial score (nSPS) is 21.6. The van der Waals surface area contributed by atoms with Crippen LogP contribution in [0.2, 0.25) is 0 Å². The molecule has 3 nitrogen and oxygen atoms in total. The summed E-state index contributed by atoms with van der Waals surface area (Å²) in [7, 11) is 0. The van der Waals surface area contributed by atoms with Crippen LogP contribution in [0.3, 0.4) is 0 Å². The lowest BCUT2D eigenvalue weighted by Gasteiger charge is -2.42. The number of benzene rings is 1. The summed E-state index contributed by atoms with van der Waals surface area (Å²) in [5.74, 6) is -0.185. The number of piperidine rings is 1. The van der Waals surface area contributed by atoms with E-state index in [4.69, 9.17) is 0 Å². The van der Waals surface area contributed by atoms with Gasteiger partial charge in [-0.3, -0.25) is 9.59 Å². The van der Waals surface area contributed by atoms with Crippen molar-refractivity contribution in [1.29, 1.82) is 0 Å². The van der Waals surface area contributed by atoms with Gasteiger partial charge < -0.3 is 5.32 Å². The van der Waals surface area contributed by atoms with Crippen molar-refractivity contribution in [1.82, 2.24) is 5.32 Å². The Balaban J connectivity index is 0.000000164. The standard InChI is InChI=1S/C10H6O2.C9H19N/c11-9-5-6-10(12)8-4-2-1-3-7(8)9;1-8(2)6-5-7-9(3,4)10-8/h1-6H;10H,5-7H2,1-4H3. The van der Waals surface area contributed by atoms with Crippen molar-refractivity contribution in [2.45, 2.75) is 58.0 Å². The van der Waals surface area contributed by atoms with Gasteiger partial charge in [0.05, 0.1) is 0 Å². The topological polar surface area (TPSA) is 46.2 Å². The summed E-state index contributed by atoms with van der Waals surface area (Å²) in [6.07, 6.45) is 6.62. The summed E-state index contributed by atoms with van der Waals surface area (Å²) in [6.45, 7) is 9.14. The predicted molar refractivity (Wildman–Crippen MR) is 89.4 cm³/mol. The van der Waals surface area contributed by atoms with E-state index in [9.17, 15) is 9.59 Å². The minimum absolute atomic E-state index is 0.0924. The molecule has 1 heterocycles. The SMILES string of the molecule is CC1(C)CCCC(C)(C)N1.O=C1C=CC(=O)c2ccccc21. The van der Waals surface area contributed by atoms with Crippen LogP contribution in [0, 0.1) is 0 Å². The molecule has 1 N–H and O–H groups in total. The molecule has 1 aromatic rings. The van der Waals surface area contributed by atoms with Crippen LogP contribution in [-0.4, -0.2) is 22.6 Å². The third kappa shape index (κ3) is 4.14. The number of ketones is 2. The molecule has 3 heteroatoms. The molecule has 2 aliphatic rings. The van der Waals surface area contributed by atoms with Crippen LogP contribution in [0.25, 0.3) is 0 Å². The van der Waals surface area contributed by atoms with Gasteiger partial charge in [-0.2, -0.15) is 0 Å². The average Bonchev–Trinajstić information content (AvgIpc) is 2.41. The molecule has 0 atom stereocenters. The minimum atomic E-state index is -0.0924. The maximum atomic E-state index is 11.2. The highest BCUT2D eigenvalue weighted by atomic mass is 16.1. The first-order valence-electron chi connectivity index (χ1n) is 7.85. The number of hydrogen-bond donors (Lipinski definition) is 1. The first-order valence-corrected chi connectivity index (χ1v) is 7.85. The number of fused-ring (bicyclic) bond motifs is 1. The molecule has 0 amide bonds. The molecule has 0 spiro atoms. The maximum Gasteiger partial charge on any atom is 0.186 e. The van der Waals surface area contributed by atoms with Crippen LogP contribution in [-0.2, 0) is 0 Å². The molecule has 1 saturated heterocycles. The van der Waals surface area contributed by atoms with Crippen molar-refractivity contribution in [2.24, 2.45) is 0 Å². The fourth-order valence-electron chi connectivity index (χ4n) is 3.26. The van der Waals surface area contributed by atoms with Gasteiger partial charge in [-0.05, 0) is 59.1 Å². The number of carbonyl (C=O) groups is 2. The van der Waals surface area contributed by atoms with E-state index >= 15 is 0 Å². The Hall–Kier alpha value is -1.74. The van der Waals surface area contributed by atoms with E-state index in [1.54, 1.807) is 24.3 Å². The third-order valence-electron chi connectivity index (χ3n) is 4.12. The lowest BCUT2D eigenvalue weighted by molar-refractivity contribution is 0.0994. The van der Waals surface area contributed by atoms with Crippen LogP contribution in [0.1, 0.15) is 67.7 Å². The molecule has 1 aliphatic heterocycles. The molecular formula is C19H25NO2. The van der Waals surface area contributed by atoms with Gasteiger partial charge in [-0.1, -0.05) is 24.3 Å². The lowest BCUT2D eigenvalue weighted by atomic mass is 9.83. The molecular weight excluding hydrogens is 274 g/mol. The van der Waals surface area contributed by atoms with Crippen molar-refractivity contribution >= 4 is 11.6 Å².